The first-order valence-electron chi connectivity index (χ1n) is 23.1. The molecule has 4 aliphatic rings. The lowest BCUT2D eigenvalue weighted by Crippen LogP contribution is -2.54. The van der Waals surface area contributed by atoms with E-state index in [4.69, 9.17) is 28.9 Å². The van der Waals surface area contributed by atoms with Gasteiger partial charge in [0.1, 0.15) is 36.1 Å². The zero-order chi connectivity index (χ0) is 45.7. The highest BCUT2D eigenvalue weighted by Gasteiger charge is 2.45. The maximum Gasteiger partial charge on any atom is 0.407 e. The first-order valence-corrected chi connectivity index (χ1v) is 23.1. The number of rotatable bonds is 9. The number of nitrogens with zero attached hydrogens (tertiary/aromatic N) is 4. The van der Waals surface area contributed by atoms with Gasteiger partial charge in [-0.1, -0.05) is 39.0 Å². The monoisotopic (exact) mass is 888 g/mol. The van der Waals surface area contributed by atoms with Gasteiger partial charge in [0.2, 0.25) is 11.8 Å². The van der Waals surface area contributed by atoms with Crippen LogP contribution in [0.1, 0.15) is 102 Å². The fourth-order valence-electron chi connectivity index (χ4n) is 11.0. The molecule has 2 aromatic heterocycles. The van der Waals surface area contributed by atoms with Gasteiger partial charge in [-0.25, -0.2) is 19.6 Å². The number of hydrogen-bond acceptors (Lipinski definition) is 10. The molecule has 0 radical (unpaired) electrons. The summed E-state index contributed by atoms with van der Waals surface area (Å²) in [6.45, 7) is 11.8. The quantitative estimate of drug-likeness (QED) is 0.113. The van der Waals surface area contributed by atoms with Crippen molar-refractivity contribution < 1.29 is 38.1 Å². The van der Waals surface area contributed by atoms with E-state index < -0.39 is 24.3 Å². The van der Waals surface area contributed by atoms with Crippen molar-refractivity contribution in [3.63, 3.8) is 0 Å². The molecule has 3 fully saturated rings. The molecule has 4 N–H and O–H groups in total. The number of likely N-dealkylation sites (tertiary alicyclic amines) is 2. The van der Waals surface area contributed by atoms with Crippen molar-refractivity contribution in [2.24, 2.45) is 17.8 Å². The third-order valence-corrected chi connectivity index (χ3v) is 14.5. The van der Waals surface area contributed by atoms with Gasteiger partial charge in [0, 0.05) is 36.2 Å². The van der Waals surface area contributed by atoms with Crippen molar-refractivity contribution in [2.45, 2.75) is 116 Å². The number of benzene rings is 3. The Morgan fingerprint density at radius 2 is 1.72 bits per heavy atom. The van der Waals surface area contributed by atoms with Crippen LogP contribution in [-0.2, 0) is 30.4 Å². The topological polar surface area (TPSA) is 193 Å². The number of carbonyl (C=O) groups is 4. The minimum absolute atomic E-state index is 0.0307. The molecule has 3 saturated heterocycles. The molecule has 0 bridgehead atoms. The molecule has 3 aromatic carbocycles. The number of ether oxygens (including phenoxy) is 4. The number of H-pyrrole nitrogens is 2. The minimum atomic E-state index is -0.724. The number of aromatic amines is 2. The predicted molar refractivity (Wildman–Crippen MR) is 244 cm³/mol. The molecule has 6 heterocycles. The molecule has 16 nitrogen and oxygen atoms in total. The van der Waals surface area contributed by atoms with Crippen molar-refractivity contribution >= 4 is 45.8 Å². The van der Waals surface area contributed by atoms with E-state index in [-0.39, 0.29) is 53.7 Å². The Bertz CT molecular complexity index is 2620. The summed E-state index contributed by atoms with van der Waals surface area (Å²) in [7, 11) is 2.62. The van der Waals surface area contributed by atoms with Gasteiger partial charge in [-0.3, -0.25) is 9.59 Å². The van der Waals surface area contributed by atoms with Crippen LogP contribution in [0.5, 0.6) is 5.75 Å². The van der Waals surface area contributed by atoms with Crippen LogP contribution in [0.2, 0.25) is 0 Å². The largest absolute Gasteiger partial charge is 0.488 e. The average Bonchev–Trinajstić information content (AvgIpc) is 4.08. The third-order valence-electron chi connectivity index (χ3n) is 14.5. The summed E-state index contributed by atoms with van der Waals surface area (Å²) in [5, 5.41) is 7.62. The summed E-state index contributed by atoms with van der Waals surface area (Å²) in [4.78, 5) is 74.2. The normalized spacial score (nSPS) is 24.4. The zero-order valence-electron chi connectivity index (χ0n) is 38.2. The van der Waals surface area contributed by atoms with Gasteiger partial charge < -0.3 is 49.3 Å². The first-order chi connectivity index (χ1) is 31.4. The van der Waals surface area contributed by atoms with E-state index in [0.717, 1.165) is 81.2 Å². The molecule has 0 spiro atoms. The second-order valence-corrected chi connectivity index (χ2v) is 18.4. The van der Waals surface area contributed by atoms with Crippen LogP contribution in [0.3, 0.4) is 0 Å². The number of hydrogen-bond donors (Lipinski definition) is 4. The van der Waals surface area contributed by atoms with E-state index in [1.54, 1.807) is 0 Å². The number of methoxy groups -OCH3 is 2. The second kappa shape index (κ2) is 18.0. The minimum Gasteiger partial charge on any atom is -0.488 e. The summed E-state index contributed by atoms with van der Waals surface area (Å²) in [6.07, 6.45) is 5.04. The highest BCUT2D eigenvalue weighted by atomic mass is 16.5. The number of fused-ring (bicyclic) bond motifs is 6. The highest BCUT2D eigenvalue weighted by Crippen LogP contribution is 2.44. The van der Waals surface area contributed by atoms with E-state index in [2.05, 4.69) is 77.8 Å². The number of alkyl carbamates (subject to hydrolysis) is 2. The van der Waals surface area contributed by atoms with Crippen LogP contribution in [0.4, 0.5) is 9.59 Å². The van der Waals surface area contributed by atoms with Crippen LogP contribution in [-0.4, -0.2) is 105 Å². The van der Waals surface area contributed by atoms with Gasteiger partial charge in [-0.05, 0) is 116 Å². The predicted octanol–water partition coefficient (Wildman–Crippen LogP) is 7.94. The van der Waals surface area contributed by atoms with Gasteiger partial charge in [0.25, 0.3) is 0 Å². The van der Waals surface area contributed by atoms with E-state index in [9.17, 15) is 19.2 Å². The van der Waals surface area contributed by atoms with Crippen LogP contribution in [0.25, 0.3) is 44.2 Å². The fraction of sp³-hybridized carbons (Fsp3) is 0.510. The van der Waals surface area contributed by atoms with Crippen LogP contribution < -0.4 is 15.4 Å². The molecular weight excluding hydrogens is 829 g/mol. The van der Waals surface area contributed by atoms with E-state index >= 15 is 0 Å². The fourth-order valence-corrected chi connectivity index (χ4v) is 11.0. The van der Waals surface area contributed by atoms with E-state index in [1.165, 1.54) is 14.2 Å². The standard InChI is InChI=1S/C49H60N8O8/c1-8-38-25(2)19-26(3)41(54-48(60)62-6)46(58)57(38)28(5)44-50-23-37(52-44)31-10-12-33-32(20-31)24-65-40-22-34-30(21-35(33)40)11-13-36-43(34)53-45(51-36)39-14-9-27(4)56(39)47(59)42(55-49(61)63-7)29-15-17-64-18-16-29/h10-13,20-23,25-29,38-39,41-42H,8-9,14-19,24H2,1-7H3,(H,50,52)(H,51,53)(H,54,60)(H,55,61)/t25?,26?,27-,28-,38+,39-,41-,42-/m0/s1. The molecule has 5 aromatic rings. The average molecular weight is 889 g/mol. The highest BCUT2D eigenvalue weighted by molar-refractivity contribution is 6.07. The summed E-state index contributed by atoms with van der Waals surface area (Å²) in [6, 6.07) is 12.5. The molecule has 0 aliphatic carbocycles. The molecule has 344 valence electrons. The van der Waals surface area contributed by atoms with Crippen LogP contribution >= 0.6 is 0 Å². The first kappa shape index (κ1) is 44.1. The van der Waals surface area contributed by atoms with Crippen molar-refractivity contribution in [3.8, 4) is 28.1 Å². The van der Waals surface area contributed by atoms with Crippen molar-refractivity contribution in [1.29, 1.82) is 0 Å². The van der Waals surface area contributed by atoms with Crippen molar-refractivity contribution in [3.05, 3.63) is 65.9 Å². The summed E-state index contributed by atoms with van der Waals surface area (Å²) < 4.78 is 21.9. The summed E-state index contributed by atoms with van der Waals surface area (Å²) >= 11 is 0. The van der Waals surface area contributed by atoms with Gasteiger partial charge in [-0.2, -0.15) is 0 Å². The Kier molecular flexibility index (Phi) is 12.2. The third kappa shape index (κ3) is 8.14. The van der Waals surface area contributed by atoms with Gasteiger partial charge >= 0.3 is 12.2 Å². The molecule has 2 unspecified atom stereocenters. The number of aromatic nitrogens is 4. The lowest BCUT2D eigenvalue weighted by atomic mass is 9.88. The molecule has 4 aliphatic heterocycles. The van der Waals surface area contributed by atoms with Crippen molar-refractivity contribution in [2.75, 3.05) is 27.4 Å². The van der Waals surface area contributed by atoms with E-state index in [1.807, 2.05) is 35.9 Å². The molecule has 8 atom stereocenters. The van der Waals surface area contributed by atoms with E-state index in [0.29, 0.717) is 44.3 Å². The smallest absolute Gasteiger partial charge is 0.407 e. The number of nitrogens with one attached hydrogen (secondary N) is 4. The van der Waals surface area contributed by atoms with Gasteiger partial charge in [0.15, 0.2) is 0 Å². The lowest BCUT2D eigenvalue weighted by Gasteiger charge is -2.37. The van der Waals surface area contributed by atoms with Gasteiger partial charge in [0.05, 0.1) is 49.2 Å². The number of amides is 4. The molecular formula is C49H60N8O8. The second-order valence-electron chi connectivity index (χ2n) is 18.4. The van der Waals surface area contributed by atoms with Crippen LogP contribution in [0.15, 0.2) is 48.7 Å². The molecule has 4 amide bonds. The Labute approximate surface area is 378 Å². The molecule has 16 heteroatoms. The van der Waals surface area contributed by atoms with Gasteiger partial charge in [-0.15, -0.1) is 0 Å². The number of imidazole rings is 2. The molecule has 65 heavy (non-hydrogen) atoms. The zero-order valence-corrected chi connectivity index (χ0v) is 38.2. The Balaban J connectivity index is 0.970. The maximum atomic E-state index is 14.4. The Morgan fingerprint density at radius 1 is 0.938 bits per heavy atom. The lowest BCUT2D eigenvalue weighted by molar-refractivity contribution is -0.139. The Hall–Kier alpha value is -6.16. The van der Waals surface area contributed by atoms with Crippen molar-refractivity contribution in [1.82, 2.24) is 40.4 Å². The Morgan fingerprint density at radius 3 is 2.48 bits per heavy atom. The molecule has 9 rings (SSSR count). The molecule has 0 saturated carbocycles. The summed E-state index contributed by atoms with van der Waals surface area (Å²) in [5.74, 6) is 1.98. The van der Waals surface area contributed by atoms with Crippen LogP contribution in [0, 0.1) is 17.8 Å². The SMILES string of the molecule is CC[C@@H]1C(C)CC(C)[C@H](NC(=O)OC)C(=O)N1[C@@H](C)c1ncc(-c2ccc3c(c2)COc2cc4c(ccc5[nH]c([C@@H]6CC[C@H](C)N6C(=O)[C@@H](NC(=O)OC)C6CCOCC6)nc54)cc2-3)[nH]1. The number of carbonyl (C=O) groups excluding carboxylic acids is 4. The maximum absolute atomic E-state index is 14.4. The summed E-state index contributed by atoms with van der Waals surface area (Å²) in [5.41, 5.74) is 6.55.